The Labute approximate surface area is 179 Å². The monoisotopic (exact) mass is 450 g/mol. The number of anilines is 3. The summed E-state index contributed by atoms with van der Waals surface area (Å²) < 4.78 is 51.1. The van der Waals surface area contributed by atoms with Gasteiger partial charge in [-0.2, -0.15) is 13.2 Å². The molecule has 160 valence electrons. The van der Waals surface area contributed by atoms with Gasteiger partial charge in [0.25, 0.3) is 5.91 Å². The van der Waals surface area contributed by atoms with Crippen LogP contribution in [0.15, 0.2) is 54.7 Å². The molecule has 0 saturated carbocycles. The standard InChI is InChI=1S/C21H15ClF4N4O/c1-11(27)17-18(22)16(10-28-19(17)29-14-8-4-13(23)5-9-14)20(31)30-15-6-2-12(3-7-15)21(24,25)26/h2-10,27H,1H3,(H,28,29)(H,30,31). The lowest BCUT2D eigenvalue weighted by Crippen LogP contribution is -2.16. The fraction of sp³-hybridized carbons (Fsp3) is 0.0952. The van der Waals surface area contributed by atoms with E-state index in [9.17, 15) is 22.4 Å². The van der Waals surface area contributed by atoms with Crippen LogP contribution in [0.4, 0.5) is 34.8 Å². The van der Waals surface area contributed by atoms with E-state index >= 15 is 0 Å². The Morgan fingerprint density at radius 1 is 1.03 bits per heavy atom. The molecule has 0 aliphatic carbocycles. The Bertz CT molecular complexity index is 1130. The molecule has 0 unspecified atom stereocenters. The molecule has 0 bridgehead atoms. The van der Waals surface area contributed by atoms with Crippen molar-refractivity contribution >= 4 is 40.4 Å². The van der Waals surface area contributed by atoms with E-state index in [1.54, 1.807) is 0 Å². The number of nitrogens with zero attached hydrogens (tertiary/aromatic N) is 1. The van der Waals surface area contributed by atoms with Crippen LogP contribution in [-0.2, 0) is 6.18 Å². The number of rotatable bonds is 5. The van der Waals surface area contributed by atoms with Crippen molar-refractivity contribution in [3.05, 3.63) is 82.3 Å². The van der Waals surface area contributed by atoms with Gasteiger partial charge in [0.15, 0.2) is 0 Å². The predicted octanol–water partition coefficient (Wildman–Crippen LogP) is 6.28. The van der Waals surface area contributed by atoms with Gasteiger partial charge in [-0.25, -0.2) is 9.37 Å². The molecule has 0 atom stereocenters. The van der Waals surface area contributed by atoms with Crippen molar-refractivity contribution in [3.63, 3.8) is 0 Å². The van der Waals surface area contributed by atoms with Crippen LogP contribution in [-0.4, -0.2) is 16.6 Å². The lowest BCUT2D eigenvalue weighted by atomic mass is 10.1. The zero-order valence-corrected chi connectivity index (χ0v) is 16.7. The summed E-state index contributed by atoms with van der Waals surface area (Å²) in [7, 11) is 0. The Balaban J connectivity index is 1.87. The van der Waals surface area contributed by atoms with E-state index in [1.165, 1.54) is 37.4 Å². The number of halogens is 5. The van der Waals surface area contributed by atoms with Crippen molar-refractivity contribution in [1.82, 2.24) is 4.98 Å². The van der Waals surface area contributed by atoms with E-state index in [1.807, 2.05) is 0 Å². The van der Waals surface area contributed by atoms with Gasteiger partial charge in [-0.1, -0.05) is 11.6 Å². The number of amides is 1. The molecule has 1 aromatic heterocycles. The highest BCUT2D eigenvalue weighted by Crippen LogP contribution is 2.31. The Kier molecular flexibility index (Phi) is 6.26. The number of nitrogens with one attached hydrogen (secondary N) is 3. The maximum absolute atomic E-state index is 13.1. The van der Waals surface area contributed by atoms with Gasteiger partial charge in [0.2, 0.25) is 0 Å². The minimum absolute atomic E-state index is 0.0197. The Morgan fingerprint density at radius 2 is 1.61 bits per heavy atom. The summed E-state index contributed by atoms with van der Waals surface area (Å²) in [6.45, 7) is 1.45. The molecule has 0 fully saturated rings. The van der Waals surface area contributed by atoms with E-state index in [0.717, 1.165) is 24.3 Å². The molecular weight excluding hydrogens is 436 g/mol. The summed E-state index contributed by atoms with van der Waals surface area (Å²) in [4.78, 5) is 16.8. The SMILES string of the molecule is CC(=N)c1c(Nc2ccc(F)cc2)ncc(C(=O)Nc2ccc(C(F)(F)F)cc2)c1Cl. The van der Waals surface area contributed by atoms with Crippen molar-refractivity contribution < 1.29 is 22.4 Å². The highest BCUT2D eigenvalue weighted by atomic mass is 35.5. The number of carbonyl (C=O) groups excluding carboxylic acids is 1. The van der Waals surface area contributed by atoms with E-state index in [4.69, 9.17) is 17.0 Å². The summed E-state index contributed by atoms with van der Waals surface area (Å²) in [5.41, 5.74) is -0.0987. The average molecular weight is 451 g/mol. The average Bonchev–Trinajstić information content (AvgIpc) is 2.69. The van der Waals surface area contributed by atoms with Gasteiger partial charge in [0.1, 0.15) is 11.6 Å². The fourth-order valence-corrected chi connectivity index (χ4v) is 3.06. The Hall–Kier alpha value is -3.46. The summed E-state index contributed by atoms with van der Waals surface area (Å²) in [5, 5.41) is 13.3. The molecular formula is C21H15ClF4N4O. The van der Waals surface area contributed by atoms with Crippen LogP contribution in [0.3, 0.4) is 0 Å². The molecule has 3 rings (SSSR count). The molecule has 2 aromatic carbocycles. The number of hydrogen-bond acceptors (Lipinski definition) is 4. The van der Waals surface area contributed by atoms with E-state index in [-0.39, 0.29) is 33.4 Å². The molecule has 5 nitrogen and oxygen atoms in total. The van der Waals surface area contributed by atoms with Gasteiger partial charge in [-0.15, -0.1) is 0 Å². The van der Waals surface area contributed by atoms with Crippen molar-refractivity contribution in [2.75, 3.05) is 10.6 Å². The van der Waals surface area contributed by atoms with Crippen LogP contribution in [0, 0.1) is 11.2 Å². The van der Waals surface area contributed by atoms with Crippen molar-refractivity contribution in [1.29, 1.82) is 5.41 Å². The topological polar surface area (TPSA) is 77.9 Å². The highest BCUT2D eigenvalue weighted by Gasteiger charge is 2.30. The number of pyridine rings is 1. The number of aromatic nitrogens is 1. The molecule has 1 heterocycles. The third kappa shape index (κ3) is 5.18. The first-order valence-electron chi connectivity index (χ1n) is 8.81. The molecule has 1 amide bonds. The summed E-state index contributed by atoms with van der Waals surface area (Å²) in [6.07, 6.45) is -3.31. The number of benzene rings is 2. The van der Waals surface area contributed by atoms with Crippen LogP contribution < -0.4 is 10.6 Å². The maximum Gasteiger partial charge on any atom is 0.416 e. The maximum atomic E-state index is 13.1. The third-order valence-electron chi connectivity index (χ3n) is 4.21. The van der Waals surface area contributed by atoms with Gasteiger partial charge in [0, 0.05) is 23.3 Å². The van der Waals surface area contributed by atoms with E-state index in [2.05, 4.69) is 15.6 Å². The minimum atomic E-state index is -4.49. The van der Waals surface area contributed by atoms with E-state index < -0.39 is 23.5 Å². The first kappa shape index (κ1) is 22.2. The molecule has 0 radical (unpaired) electrons. The molecule has 3 N–H and O–H groups in total. The number of alkyl halides is 3. The lowest BCUT2D eigenvalue weighted by Gasteiger charge is -2.15. The summed E-state index contributed by atoms with van der Waals surface area (Å²) in [5.74, 6) is -0.932. The van der Waals surface area contributed by atoms with E-state index in [0.29, 0.717) is 5.69 Å². The summed E-state index contributed by atoms with van der Waals surface area (Å²) in [6, 6.07) is 9.36. The van der Waals surface area contributed by atoms with Crippen LogP contribution in [0.25, 0.3) is 0 Å². The minimum Gasteiger partial charge on any atom is -0.340 e. The third-order valence-corrected chi connectivity index (χ3v) is 4.60. The molecule has 10 heteroatoms. The smallest absolute Gasteiger partial charge is 0.340 e. The van der Waals surface area contributed by atoms with Gasteiger partial charge in [-0.3, -0.25) is 4.79 Å². The normalized spacial score (nSPS) is 11.2. The van der Waals surface area contributed by atoms with Crippen LogP contribution >= 0.6 is 11.6 Å². The predicted molar refractivity (Wildman–Crippen MR) is 111 cm³/mol. The van der Waals surface area contributed by atoms with Crippen molar-refractivity contribution in [3.8, 4) is 0 Å². The molecule has 0 aliphatic rings. The fourth-order valence-electron chi connectivity index (χ4n) is 2.70. The molecule has 0 aliphatic heterocycles. The number of carbonyl (C=O) groups is 1. The van der Waals surface area contributed by atoms with Gasteiger partial charge in [0.05, 0.1) is 21.7 Å². The van der Waals surface area contributed by atoms with Gasteiger partial charge >= 0.3 is 6.18 Å². The summed E-state index contributed by atoms with van der Waals surface area (Å²) >= 11 is 6.36. The first-order chi connectivity index (χ1) is 14.6. The van der Waals surface area contributed by atoms with Gasteiger partial charge in [-0.05, 0) is 55.5 Å². The molecule has 0 spiro atoms. The van der Waals surface area contributed by atoms with Crippen LogP contribution in [0.5, 0.6) is 0 Å². The molecule has 3 aromatic rings. The second-order valence-electron chi connectivity index (χ2n) is 6.50. The quantitative estimate of drug-likeness (QED) is 0.316. The van der Waals surface area contributed by atoms with Crippen LogP contribution in [0.1, 0.15) is 28.4 Å². The zero-order chi connectivity index (χ0) is 22.8. The molecule has 0 saturated heterocycles. The highest BCUT2D eigenvalue weighted by molar-refractivity contribution is 6.38. The van der Waals surface area contributed by atoms with Crippen molar-refractivity contribution in [2.45, 2.75) is 13.1 Å². The zero-order valence-electron chi connectivity index (χ0n) is 15.9. The van der Waals surface area contributed by atoms with Gasteiger partial charge < -0.3 is 16.0 Å². The van der Waals surface area contributed by atoms with Crippen LogP contribution in [0.2, 0.25) is 5.02 Å². The second-order valence-corrected chi connectivity index (χ2v) is 6.87. The lowest BCUT2D eigenvalue weighted by molar-refractivity contribution is -0.137. The Morgan fingerprint density at radius 3 is 2.16 bits per heavy atom. The largest absolute Gasteiger partial charge is 0.416 e. The first-order valence-corrected chi connectivity index (χ1v) is 9.19. The van der Waals surface area contributed by atoms with Crippen molar-refractivity contribution in [2.24, 2.45) is 0 Å². The number of hydrogen-bond donors (Lipinski definition) is 3. The molecule has 31 heavy (non-hydrogen) atoms. The second kappa shape index (κ2) is 8.73.